The summed E-state index contributed by atoms with van der Waals surface area (Å²) in [4.78, 5) is 7.06. The summed E-state index contributed by atoms with van der Waals surface area (Å²) < 4.78 is 10.7. The van der Waals surface area contributed by atoms with Gasteiger partial charge in [0.2, 0.25) is 0 Å². The Kier molecular flexibility index (Phi) is 4.58. The van der Waals surface area contributed by atoms with E-state index in [1.165, 1.54) is 0 Å². The number of aromatic nitrogens is 1. The molecule has 0 aromatic carbocycles. The van der Waals surface area contributed by atoms with Gasteiger partial charge >= 0.3 is 0 Å². The zero-order valence-electron chi connectivity index (χ0n) is 8.93. The lowest BCUT2D eigenvalue weighted by atomic mass is 10.4. The van der Waals surface area contributed by atoms with Crippen molar-refractivity contribution in [3.05, 3.63) is 29.7 Å². The minimum Gasteiger partial charge on any atom is -0.492 e. The van der Waals surface area contributed by atoms with Gasteiger partial charge in [-0.1, -0.05) is 6.57 Å². The van der Waals surface area contributed by atoms with E-state index in [0.29, 0.717) is 24.8 Å². The minimum absolute atomic E-state index is 0.213. The van der Waals surface area contributed by atoms with Crippen LogP contribution in [0.1, 0.15) is 13.8 Å². The van der Waals surface area contributed by atoms with Crippen LogP contribution in [0.15, 0.2) is 18.3 Å². The molecule has 1 rings (SSSR count). The maximum atomic E-state index is 6.79. The molecule has 0 saturated carbocycles. The normalized spacial score (nSPS) is 10.0. The molecule has 0 bridgehead atoms. The zero-order chi connectivity index (χ0) is 11.1. The van der Waals surface area contributed by atoms with E-state index >= 15 is 0 Å². The van der Waals surface area contributed by atoms with E-state index in [9.17, 15) is 0 Å². The number of hydrogen-bond donors (Lipinski definition) is 0. The van der Waals surface area contributed by atoms with Gasteiger partial charge in [-0.3, -0.25) is 0 Å². The predicted molar refractivity (Wildman–Crippen MR) is 57.1 cm³/mol. The van der Waals surface area contributed by atoms with Gasteiger partial charge in [-0.2, -0.15) is 0 Å². The van der Waals surface area contributed by atoms with Crippen LogP contribution in [0.2, 0.25) is 0 Å². The topological polar surface area (TPSA) is 35.7 Å². The van der Waals surface area contributed by atoms with E-state index < -0.39 is 0 Å². The van der Waals surface area contributed by atoms with E-state index in [1.807, 2.05) is 13.8 Å². The van der Waals surface area contributed by atoms with Gasteiger partial charge in [0.1, 0.15) is 18.6 Å². The van der Waals surface area contributed by atoms with E-state index in [1.54, 1.807) is 18.3 Å². The van der Waals surface area contributed by atoms with E-state index in [0.717, 1.165) is 0 Å². The summed E-state index contributed by atoms with van der Waals surface area (Å²) in [6.45, 7) is 11.8. The second-order valence-corrected chi connectivity index (χ2v) is 3.23. The third-order valence-electron chi connectivity index (χ3n) is 1.63. The molecule has 0 atom stereocenters. The number of rotatable bonds is 5. The molecule has 1 aromatic rings. The fourth-order valence-corrected chi connectivity index (χ4v) is 0.994. The lowest BCUT2D eigenvalue weighted by Crippen LogP contribution is -2.11. The zero-order valence-corrected chi connectivity index (χ0v) is 8.93. The van der Waals surface area contributed by atoms with Crippen LogP contribution in [0.25, 0.3) is 4.85 Å². The summed E-state index contributed by atoms with van der Waals surface area (Å²) >= 11 is 0. The molecule has 0 saturated heterocycles. The molecule has 4 nitrogen and oxygen atoms in total. The first-order valence-corrected chi connectivity index (χ1v) is 4.80. The van der Waals surface area contributed by atoms with Crippen molar-refractivity contribution in [3.8, 4) is 5.75 Å². The standard InChI is InChI=1S/C11H14N2O2/c1-9(2)14-6-7-15-10-4-5-13-11(8-10)12-3/h4-5,8-9H,6-7H2,1-2H3. The monoisotopic (exact) mass is 206 g/mol. The molecule has 0 spiro atoms. The first kappa shape index (κ1) is 11.5. The van der Waals surface area contributed by atoms with Crippen LogP contribution in [-0.2, 0) is 4.74 Å². The van der Waals surface area contributed by atoms with Crippen LogP contribution in [-0.4, -0.2) is 24.3 Å². The average molecular weight is 206 g/mol. The largest absolute Gasteiger partial charge is 0.492 e. The fourth-order valence-electron chi connectivity index (χ4n) is 0.994. The first-order valence-electron chi connectivity index (χ1n) is 4.80. The number of ether oxygens (including phenoxy) is 2. The van der Waals surface area contributed by atoms with Crippen LogP contribution in [0.5, 0.6) is 5.75 Å². The van der Waals surface area contributed by atoms with Crippen molar-refractivity contribution >= 4 is 5.82 Å². The highest BCUT2D eigenvalue weighted by Gasteiger charge is 1.98. The van der Waals surface area contributed by atoms with Crippen molar-refractivity contribution in [1.29, 1.82) is 0 Å². The molecule has 0 aliphatic rings. The number of nitrogens with zero attached hydrogens (tertiary/aromatic N) is 2. The predicted octanol–water partition coefficient (Wildman–Crippen LogP) is 2.44. The van der Waals surface area contributed by atoms with Crippen LogP contribution >= 0.6 is 0 Å². The second-order valence-electron chi connectivity index (χ2n) is 3.23. The Bertz CT molecular complexity index is 345. The van der Waals surface area contributed by atoms with Crippen molar-refractivity contribution in [1.82, 2.24) is 4.98 Å². The van der Waals surface area contributed by atoms with Gasteiger partial charge in [0.05, 0.1) is 12.7 Å². The molecule has 0 amide bonds. The van der Waals surface area contributed by atoms with Gasteiger partial charge in [-0.25, -0.2) is 0 Å². The quantitative estimate of drug-likeness (QED) is 0.548. The van der Waals surface area contributed by atoms with Gasteiger partial charge < -0.3 is 14.3 Å². The molecule has 0 aliphatic carbocycles. The highest BCUT2D eigenvalue weighted by atomic mass is 16.5. The molecule has 0 unspecified atom stereocenters. The van der Waals surface area contributed by atoms with Crippen LogP contribution < -0.4 is 4.74 Å². The minimum atomic E-state index is 0.213. The fraction of sp³-hybridized carbons (Fsp3) is 0.455. The Morgan fingerprint density at radius 1 is 1.47 bits per heavy atom. The van der Waals surface area contributed by atoms with E-state index in [4.69, 9.17) is 16.0 Å². The van der Waals surface area contributed by atoms with Crippen molar-refractivity contribution in [3.63, 3.8) is 0 Å². The van der Waals surface area contributed by atoms with Crippen molar-refractivity contribution < 1.29 is 9.47 Å². The molecule has 1 heterocycles. The Balaban J connectivity index is 2.35. The summed E-state index contributed by atoms with van der Waals surface area (Å²) in [6, 6.07) is 3.34. The van der Waals surface area contributed by atoms with Gasteiger partial charge in [0, 0.05) is 12.1 Å². The lowest BCUT2D eigenvalue weighted by molar-refractivity contribution is 0.0552. The lowest BCUT2D eigenvalue weighted by Gasteiger charge is -2.08. The number of hydrogen-bond acceptors (Lipinski definition) is 3. The summed E-state index contributed by atoms with van der Waals surface area (Å²) in [5, 5.41) is 0. The van der Waals surface area contributed by atoms with Gasteiger partial charge in [-0.05, 0) is 13.8 Å². The molecule has 1 aromatic heterocycles. The van der Waals surface area contributed by atoms with Gasteiger partial charge in [-0.15, -0.1) is 4.98 Å². The molecule has 80 valence electrons. The maximum Gasteiger partial charge on any atom is 0.273 e. The van der Waals surface area contributed by atoms with Crippen LogP contribution in [0.3, 0.4) is 0 Å². The summed E-state index contributed by atoms with van der Waals surface area (Å²) in [6.07, 6.45) is 1.77. The molecule has 0 radical (unpaired) electrons. The van der Waals surface area contributed by atoms with E-state index in [2.05, 4.69) is 9.83 Å². The second kappa shape index (κ2) is 5.99. The molecule has 4 heteroatoms. The molecule has 15 heavy (non-hydrogen) atoms. The average Bonchev–Trinajstić information content (AvgIpc) is 2.24. The number of pyridine rings is 1. The first-order chi connectivity index (χ1) is 7.22. The summed E-state index contributed by atoms with van der Waals surface area (Å²) in [5.41, 5.74) is 0. The van der Waals surface area contributed by atoms with Crippen LogP contribution in [0.4, 0.5) is 5.82 Å². The van der Waals surface area contributed by atoms with Gasteiger partial charge in [0.25, 0.3) is 5.82 Å². The molecular formula is C11H14N2O2. The third-order valence-corrected chi connectivity index (χ3v) is 1.63. The third kappa shape index (κ3) is 4.43. The van der Waals surface area contributed by atoms with Crippen LogP contribution in [0, 0.1) is 6.57 Å². The highest BCUT2D eigenvalue weighted by Crippen LogP contribution is 2.16. The Morgan fingerprint density at radius 3 is 2.93 bits per heavy atom. The summed E-state index contributed by atoms with van der Waals surface area (Å²) in [5.74, 6) is 1.00. The Labute approximate surface area is 89.7 Å². The Hall–Kier alpha value is -1.60. The smallest absolute Gasteiger partial charge is 0.273 e. The van der Waals surface area contributed by atoms with Crippen molar-refractivity contribution in [2.24, 2.45) is 0 Å². The SMILES string of the molecule is [C-]#[N+]c1cc(OCCOC(C)C)ccn1. The molecular weight excluding hydrogens is 192 g/mol. The van der Waals surface area contributed by atoms with E-state index in [-0.39, 0.29) is 6.10 Å². The Morgan fingerprint density at radius 2 is 2.27 bits per heavy atom. The van der Waals surface area contributed by atoms with Crippen molar-refractivity contribution in [2.45, 2.75) is 20.0 Å². The molecule has 0 N–H and O–H groups in total. The molecule has 0 aliphatic heterocycles. The maximum absolute atomic E-state index is 6.79. The van der Waals surface area contributed by atoms with Gasteiger partial charge in [0.15, 0.2) is 0 Å². The summed E-state index contributed by atoms with van der Waals surface area (Å²) in [7, 11) is 0. The highest BCUT2D eigenvalue weighted by molar-refractivity contribution is 5.41. The molecule has 0 fully saturated rings. The van der Waals surface area contributed by atoms with Crippen molar-refractivity contribution in [2.75, 3.05) is 13.2 Å².